The van der Waals surface area contributed by atoms with E-state index in [0.717, 1.165) is 19.7 Å². The van der Waals surface area contributed by atoms with Crippen LogP contribution in [0.4, 0.5) is 5.69 Å². The molecule has 2 rings (SSSR count). The highest BCUT2D eigenvalue weighted by Gasteiger charge is 2.18. The standard InChI is InChI=1S/C13H20N4O2/c1-17-4-5-19-12(9-17)8-16-13(18)6-11-3-2-10(14)7-15-11/h2-3,7,12H,4-6,8-9,14H2,1H3,(H,16,18). The summed E-state index contributed by atoms with van der Waals surface area (Å²) in [6.45, 7) is 3.05. The first-order chi connectivity index (χ1) is 9.13. The highest BCUT2D eigenvalue weighted by Crippen LogP contribution is 2.03. The van der Waals surface area contributed by atoms with Crippen LogP contribution in [0.2, 0.25) is 0 Å². The number of rotatable bonds is 4. The summed E-state index contributed by atoms with van der Waals surface area (Å²) >= 11 is 0. The van der Waals surface area contributed by atoms with Gasteiger partial charge < -0.3 is 20.7 Å². The molecule has 0 spiro atoms. The molecule has 1 atom stereocenters. The molecule has 1 aromatic rings. The number of ether oxygens (including phenoxy) is 1. The first kappa shape index (κ1) is 13.8. The molecule has 6 nitrogen and oxygen atoms in total. The fourth-order valence-corrected chi connectivity index (χ4v) is 1.99. The molecular weight excluding hydrogens is 244 g/mol. The lowest BCUT2D eigenvalue weighted by Crippen LogP contribution is -2.46. The van der Waals surface area contributed by atoms with Crippen LogP contribution in [0, 0.1) is 0 Å². The monoisotopic (exact) mass is 264 g/mol. The molecular formula is C13H20N4O2. The van der Waals surface area contributed by atoms with Crippen molar-refractivity contribution in [3.05, 3.63) is 24.0 Å². The molecule has 0 aromatic carbocycles. The zero-order chi connectivity index (χ0) is 13.7. The minimum atomic E-state index is -0.0471. The van der Waals surface area contributed by atoms with Crippen LogP contribution in [0.1, 0.15) is 5.69 Å². The summed E-state index contributed by atoms with van der Waals surface area (Å²) in [4.78, 5) is 18.1. The van der Waals surface area contributed by atoms with Gasteiger partial charge in [0, 0.05) is 25.3 Å². The lowest BCUT2D eigenvalue weighted by molar-refractivity contribution is -0.121. The number of nitrogens with two attached hydrogens (primary N) is 1. The molecule has 19 heavy (non-hydrogen) atoms. The summed E-state index contributed by atoms with van der Waals surface area (Å²) in [6, 6.07) is 3.51. The highest BCUT2D eigenvalue weighted by molar-refractivity contribution is 5.78. The maximum absolute atomic E-state index is 11.8. The Bertz CT molecular complexity index is 421. The number of nitrogens with one attached hydrogen (secondary N) is 1. The van der Waals surface area contributed by atoms with Gasteiger partial charge in [0.2, 0.25) is 5.91 Å². The molecule has 1 fully saturated rings. The Labute approximate surface area is 112 Å². The Morgan fingerprint density at radius 2 is 2.47 bits per heavy atom. The van der Waals surface area contributed by atoms with Crippen molar-refractivity contribution in [1.29, 1.82) is 0 Å². The van der Waals surface area contributed by atoms with Gasteiger partial charge in [0.25, 0.3) is 0 Å². The van der Waals surface area contributed by atoms with Crippen molar-refractivity contribution in [3.63, 3.8) is 0 Å². The van der Waals surface area contributed by atoms with E-state index < -0.39 is 0 Å². The van der Waals surface area contributed by atoms with E-state index >= 15 is 0 Å². The number of carbonyl (C=O) groups is 1. The Hall–Kier alpha value is -1.66. The van der Waals surface area contributed by atoms with Crippen LogP contribution in [0.25, 0.3) is 0 Å². The molecule has 104 valence electrons. The molecule has 1 unspecified atom stereocenters. The van der Waals surface area contributed by atoms with Gasteiger partial charge in [-0.2, -0.15) is 0 Å². The lowest BCUT2D eigenvalue weighted by atomic mass is 10.2. The molecule has 1 aliphatic heterocycles. The van der Waals surface area contributed by atoms with Gasteiger partial charge >= 0.3 is 0 Å². The Balaban J connectivity index is 1.73. The maximum atomic E-state index is 11.8. The molecule has 0 bridgehead atoms. The van der Waals surface area contributed by atoms with E-state index in [9.17, 15) is 4.79 Å². The number of carbonyl (C=O) groups excluding carboxylic acids is 1. The Morgan fingerprint density at radius 3 is 3.16 bits per heavy atom. The predicted molar refractivity (Wildman–Crippen MR) is 72.6 cm³/mol. The molecule has 0 aliphatic carbocycles. The van der Waals surface area contributed by atoms with Crippen molar-refractivity contribution < 1.29 is 9.53 Å². The van der Waals surface area contributed by atoms with Crippen LogP contribution in [0.15, 0.2) is 18.3 Å². The molecule has 1 saturated heterocycles. The number of anilines is 1. The van der Waals surface area contributed by atoms with E-state index in [2.05, 4.69) is 22.2 Å². The second-order valence-electron chi connectivity index (χ2n) is 4.82. The van der Waals surface area contributed by atoms with Gasteiger partial charge in [0.15, 0.2) is 0 Å². The second-order valence-corrected chi connectivity index (χ2v) is 4.82. The average molecular weight is 264 g/mol. The van der Waals surface area contributed by atoms with Crippen molar-refractivity contribution in [3.8, 4) is 0 Å². The third kappa shape index (κ3) is 4.50. The average Bonchev–Trinajstić information content (AvgIpc) is 2.39. The summed E-state index contributed by atoms with van der Waals surface area (Å²) in [5.41, 5.74) is 6.86. The van der Waals surface area contributed by atoms with E-state index in [1.54, 1.807) is 18.3 Å². The number of amides is 1. The van der Waals surface area contributed by atoms with Crippen LogP contribution in [0.5, 0.6) is 0 Å². The van der Waals surface area contributed by atoms with E-state index in [-0.39, 0.29) is 18.4 Å². The summed E-state index contributed by atoms with van der Waals surface area (Å²) < 4.78 is 5.58. The van der Waals surface area contributed by atoms with Crippen molar-refractivity contribution in [2.45, 2.75) is 12.5 Å². The molecule has 1 aromatic heterocycles. The van der Waals surface area contributed by atoms with E-state index in [0.29, 0.717) is 17.9 Å². The largest absolute Gasteiger partial charge is 0.397 e. The van der Waals surface area contributed by atoms with Gasteiger partial charge in [0.1, 0.15) is 0 Å². The third-order valence-electron chi connectivity index (χ3n) is 3.06. The second kappa shape index (κ2) is 6.49. The van der Waals surface area contributed by atoms with Crippen molar-refractivity contribution in [2.24, 2.45) is 0 Å². The smallest absolute Gasteiger partial charge is 0.226 e. The highest BCUT2D eigenvalue weighted by atomic mass is 16.5. The van der Waals surface area contributed by atoms with E-state index in [1.165, 1.54) is 0 Å². The van der Waals surface area contributed by atoms with Crippen molar-refractivity contribution >= 4 is 11.6 Å². The first-order valence-electron chi connectivity index (χ1n) is 6.41. The van der Waals surface area contributed by atoms with Gasteiger partial charge in [-0.1, -0.05) is 0 Å². The van der Waals surface area contributed by atoms with Crippen LogP contribution in [-0.4, -0.2) is 55.2 Å². The summed E-state index contributed by atoms with van der Waals surface area (Å²) in [5.74, 6) is -0.0471. The first-order valence-corrected chi connectivity index (χ1v) is 6.41. The number of likely N-dealkylation sites (N-methyl/N-ethyl adjacent to an activating group) is 1. The van der Waals surface area contributed by atoms with Gasteiger partial charge in [-0.05, 0) is 19.2 Å². The number of nitrogen functional groups attached to an aromatic ring is 1. The van der Waals surface area contributed by atoms with Crippen LogP contribution in [-0.2, 0) is 16.0 Å². The number of nitrogens with zero attached hydrogens (tertiary/aromatic N) is 2. The molecule has 2 heterocycles. The molecule has 0 radical (unpaired) electrons. The molecule has 1 amide bonds. The fraction of sp³-hybridized carbons (Fsp3) is 0.538. The molecule has 1 aliphatic rings. The van der Waals surface area contributed by atoms with Crippen molar-refractivity contribution in [2.75, 3.05) is 39.0 Å². The Kier molecular flexibility index (Phi) is 4.70. The zero-order valence-electron chi connectivity index (χ0n) is 11.1. The number of hydrogen-bond acceptors (Lipinski definition) is 5. The number of pyridine rings is 1. The number of hydrogen-bond donors (Lipinski definition) is 2. The van der Waals surface area contributed by atoms with E-state index in [4.69, 9.17) is 10.5 Å². The van der Waals surface area contributed by atoms with E-state index in [1.807, 2.05) is 0 Å². The van der Waals surface area contributed by atoms with Crippen LogP contribution >= 0.6 is 0 Å². The summed E-state index contributed by atoms with van der Waals surface area (Å²) in [5, 5.41) is 2.87. The summed E-state index contributed by atoms with van der Waals surface area (Å²) in [6.07, 6.45) is 1.90. The fourth-order valence-electron chi connectivity index (χ4n) is 1.99. The van der Waals surface area contributed by atoms with Crippen LogP contribution in [0.3, 0.4) is 0 Å². The van der Waals surface area contributed by atoms with Crippen molar-refractivity contribution in [1.82, 2.24) is 15.2 Å². The van der Waals surface area contributed by atoms with Gasteiger partial charge in [-0.3, -0.25) is 9.78 Å². The molecule has 6 heteroatoms. The van der Waals surface area contributed by atoms with Gasteiger partial charge in [-0.25, -0.2) is 0 Å². The summed E-state index contributed by atoms with van der Waals surface area (Å²) in [7, 11) is 2.05. The van der Waals surface area contributed by atoms with Gasteiger partial charge in [0.05, 0.1) is 31.0 Å². The molecule has 0 saturated carbocycles. The normalized spacial score (nSPS) is 20.2. The third-order valence-corrected chi connectivity index (χ3v) is 3.06. The van der Waals surface area contributed by atoms with Crippen LogP contribution < -0.4 is 11.1 Å². The zero-order valence-corrected chi connectivity index (χ0v) is 11.1. The Morgan fingerprint density at radius 1 is 1.63 bits per heavy atom. The topological polar surface area (TPSA) is 80.5 Å². The maximum Gasteiger partial charge on any atom is 0.226 e. The van der Waals surface area contributed by atoms with Gasteiger partial charge in [-0.15, -0.1) is 0 Å². The number of morpholine rings is 1. The SMILES string of the molecule is CN1CCOC(CNC(=O)Cc2ccc(N)cn2)C1. The number of aromatic nitrogens is 1. The minimum Gasteiger partial charge on any atom is -0.397 e. The predicted octanol–water partition coefficient (Wildman–Crippen LogP) is -0.347. The quantitative estimate of drug-likeness (QED) is 0.777. The molecule has 3 N–H and O–H groups in total. The minimum absolute atomic E-state index is 0.0471. The lowest BCUT2D eigenvalue weighted by Gasteiger charge is -2.30.